The average molecular weight is 388 g/mol. The molecule has 144 valence electrons. The summed E-state index contributed by atoms with van der Waals surface area (Å²) >= 11 is 0. The molecule has 0 aromatic heterocycles. The van der Waals surface area contributed by atoms with E-state index in [2.05, 4.69) is 0 Å². The summed E-state index contributed by atoms with van der Waals surface area (Å²) in [7, 11) is -0.368. The number of nitrogens with zero attached hydrogens (tertiary/aromatic N) is 2. The standard InChI is InChI=1S/C20H24N2O4S/c1-21-18-11-7-6-10-17(18)19(26-2)12-13-22(14-20(21)23)27(24,25)15-16-8-4-3-5-9-16/h3-11,19H,12-15H2,1-2H3. The number of benzene rings is 2. The van der Waals surface area contributed by atoms with Crippen LogP contribution in [0.15, 0.2) is 54.6 Å². The number of ether oxygens (including phenoxy) is 1. The van der Waals surface area contributed by atoms with Crippen LogP contribution in [0, 0.1) is 0 Å². The second kappa shape index (κ2) is 8.21. The SMILES string of the molecule is COC1CCN(S(=O)(=O)Cc2ccccc2)CC(=O)N(C)c2ccccc21. The highest BCUT2D eigenvalue weighted by atomic mass is 32.2. The van der Waals surface area contributed by atoms with Gasteiger partial charge in [-0.15, -0.1) is 0 Å². The lowest BCUT2D eigenvalue weighted by molar-refractivity contribution is -0.118. The molecule has 0 bridgehead atoms. The third kappa shape index (κ3) is 4.37. The number of anilines is 1. The molecule has 3 rings (SSSR count). The van der Waals surface area contributed by atoms with Crippen LogP contribution < -0.4 is 4.90 Å². The summed E-state index contributed by atoms with van der Waals surface area (Å²) in [5, 5.41) is 0. The van der Waals surface area contributed by atoms with Crippen molar-refractivity contribution in [3.8, 4) is 0 Å². The Balaban J connectivity index is 1.91. The molecule has 1 heterocycles. The van der Waals surface area contributed by atoms with Gasteiger partial charge in [0, 0.05) is 32.0 Å². The van der Waals surface area contributed by atoms with Crippen molar-refractivity contribution in [2.24, 2.45) is 0 Å². The first-order valence-electron chi connectivity index (χ1n) is 8.82. The van der Waals surface area contributed by atoms with Crippen LogP contribution in [0.25, 0.3) is 0 Å². The van der Waals surface area contributed by atoms with Gasteiger partial charge in [0.2, 0.25) is 15.9 Å². The Kier molecular flexibility index (Phi) is 5.94. The lowest BCUT2D eigenvalue weighted by Crippen LogP contribution is -2.42. The highest BCUT2D eigenvalue weighted by Crippen LogP contribution is 2.32. The zero-order chi connectivity index (χ0) is 19.4. The Morgan fingerprint density at radius 1 is 1.07 bits per heavy atom. The minimum Gasteiger partial charge on any atom is -0.377 e. The van der Waals surface area contributed by atoms with Crippen LogP contribution in [0.1, 0.15) is 23.7 Å². The van der Waals surface area contributed by atoms with E-state index >= 15 is 0 Å². The van der Waals surface area contributed by atoms with E-state index < -0.39 is 10.0 Å². The molecule has 2 aromatic carbocycles. The predicted octanol–water partition coefficient (Wildman–Crippen LogP) is 2.57. The van der Waals surface area contributed by atoms with E-state index in [1.807, 2.05) is 30.3 Å². The molecule has 1 atom stereocenters. The first-order valence-corrected chi connectivity index (χ1v) is 10.4. The Hall–Kier alpha value is -2.22. The summed E-state index contributed by atoms with van der Waals surface area (Å²) in [5.41, 5.74) is 2.33. The van der Waals surface area contributed by atoms with Gasteiger partial charge < -0.3 is 9.64 Å². The van der Waals surface area contributed by atoms with E-state index in [0.717, 1.165) is 11.3 Å². The molecule has 0 radical (unpaired) electrons. The minimum absolute atomic E-state index is 0.130. The number of methoxy groups -OCH3 is 1. The predicted molar refractivity (Wildman–Crippen MR) is 105 cm³/mol. The van der Waals surface area contributed by atoms with Crippen molar-refractivity contribution < 1.29 is 17.9 Å². The van der Waals surface area contributed by atoms with Gasteiger partial charge in [-0.1, -0.05) is 48.5 Å². The summed E-state index contributed by atoms with van der Waals surface area (Å²) < 4.78 is 32.8. The third-order valence-corrected chi connectivity index (χ3v) is 6.64. The van der Waals surface area contributed by atoms with Crippen molar-refractivity contribution in [1.82, 2.24) is 4.31 Å². The molecule has 1 amide bonds. The van der Waals surface area contributed by atoms with E-state index in [-0.39, 0.29) is 30.9 Å². The van der Waals surface area contributed by atoms with Crippen molar-refractivity contribution in [3.05, 3.63) is 65.7 Å². The molecule has 7 heteroatoms. The van der Waals surface area contributed by atoms with E-state index in [4.69, 9.17) is 4.74 Å². The van der Waals surface area contributed by atoms with E-state index in [9.17, 15) is 13.2 Å². The fraction of sp³-hybridized carbons (Fsp3) is 0.350. The zero-order valence-corrected chi connectivity index (χ0v) is 16.4. The molecule has 0 aliphatic carbocycles. The Morgan fingerprint density at radius 2 is 1.74 bits per heavy atom. The maximum absolute atomic E-state index is 13.0. The zero-order valence-electron chi connectivity index (χ0n) is 15.5. The number of para-hydroxylation sites is 1. The smallest absolute Gasteiger partial charge is 0.242 e. The Morgan fingerprint density at radius 3 is 2.44 bits per heavy atom. The fourth-order valence-corrected chi connectivity index (χ4v) is 4.80. The van der Waals surface area contributed by atoms with Crippen LogP contribution >= 0.6 is 0 Å². The second-order valence-corrected chi connectivity index (χ2v) is 8.57. The quantitative estimate of drug-likeness (QED) is 0.807. The maximum atomic E-state index is 13.0. The fourth-order valence-electron chi connectivity index (χ4n) is 3.31. The van der Waals surface area contributed by atoms with Gasteiger partial charge in [-0.2, -0.15) is 4.31 Å². The van der Waals surface area contributed by atoms with Gasteiger partial charge in [-0.3, -0.25) is 4.79 Å². The molecular formula is C20H24N2O4S. The molecule has 0 saturated heterocycles. The molecule has 1 unspecified atom stereocenters. The topological polar surface area (TPSA) is 66.9 Å². The molecule has 0 N–H and O–H groups in total. The van der Waals surface area contributed by atoms with Crippen molar-refractivity contribution in [3.63, 3.8) is 0 Å². The van der Waals surface area contributed by atoms with Crippen LogP contribution in [0.3, 0.4) is 0 Å². The highest BCUT2D eigenvalue weighted by Gasteiger charge is 2.31. The van der Waals surface area contributed by atoms with E-state index in [1.165, 1.54) is 9.21 Å². The largest absolute Gasteiger partial charge is 0.377 e. The summed E-state index contributed by atoms with van der Waals surface area (Å²) in [5.74, 6) is -0.397. The van der Waals surface area contributed by atoms with Crippen molar-refractivity contribution in [2.75, 3.05) is 32.1 Å². The van der Waals surface area contributed by atoms with Crippen LogP contribution in [0.5, 0.6) is 0 Å². The minimum atomic E-state index is -3.64. The molecule has 0 spiro atoms. The van der Waals surface area contributed by atoms with Gasteiger partial charge in [0.25, 0.3) is 0 Å². The summed E-state index contributed by atoms with van der Waals surface area (Å²) in [4.78, 5) is 14.3. The molecule has 0 saturated carbocycles. The molecule has 1 aliphatic heterocycles. The van der Waals surface area contributed by atoms with Gasteiger partial charge in [0.15, 0.2) is 0 Å². The number of hydrogen-bond acceptors (Lipinski definition) is 4. The molecular weight excluding hydrogens is 364 g/mol. The summed E-state index contributed by atoms with van der Waals surface area (Å²) in [6.45, 7) is 0.0397. The third-order valence-electron chi connectivity index (χ3n) is 4.84. The van der Waals surface area contributed by atoms with Gasteiger partial charge in [0.1, 0.15) is 0 Å². The lowest BCUT2D eigenvalue weighted by Gasteiger charge is -2.23. The monoisotopic (exact) mass is 388 g/mol. The first kappa shape index (κ1) is 19.5. The van der Waals surface area contributed by atoms with E-state index in [1.54, 1.807) is 38.4 Å². The molecule has 0 fully saturated rings. The van der Waals surface area contributed by atoms with Gasteiger partial charge >= 0.3 is 0 Å². The number of rotatable bonds is 4. The number of fused-ring (bicyclic) bond motifs is 1. The summed E-state index contributed by atoms with van der Waals surface area (Å²) in [6, 6.07) is 16.5. The van der Waals surface area contributed by atoms with Crippen LogP contribution in [-0.4, -0.2) is 45.9 Å². The number of hydrogen-bond donors (Lipinski definition) is 0. The van der Waals surface area contributed by atoms with Crippen molar-refractivity contribution in [2.45, 2.75) is 18.3 Å². The molecule has 1 aliphatic rings. The number of sulfonamides is 1. The van der Waals surface area contributed by atoms with Crippen molar-refractivity contribution >= 4 is 21.6 Å². The van der Waals surface area contributed by atoms with Gasteiger partial charge in [0.05, 0.1) is 18.4 Å². The maximum Gasteiger partial charge on any atom is 0.242 e. The summed E-state index contributed by atoms with van der Waals surface area (Å²) in [6.07, 6.45) is 0.187. The van der Waals surface area contributed by atoms with Crippen molar-refractivity contribution in [1.29, 1.82) is 0 Å². The average Bonchev–Trinajstić information content (AvgIpc) is 2.71. The lowest BCUT2D eigenvalue weighted by atomic mass is 10.0. The van der Waals surface area contributed by atoms with E-state index in [0.29, 0.717) is 12.0 Å². The molecule has 2 aromatic rings. The van der Waals surface area contributed by atoms with Crippen LogP contribution in [-0.2, 0) is 25.3 Å². The number of amides is 1. The Bertz CT molecular complexity index is 899. The van der Waals surface area contributed by atoms with Crippen LogP contribution in [0.2, 0.25) is 0 Å². The number of carbonyl (C=O) groups excluding carboxylic acids is 1. The normalized spacial score (nSPS) is 19.1. The van der Waals surface area contributed by atoms with Gasteiger partial charge in [-0.25, -0.2) is 8.42 Å². The van der Waals surface area contributed by atoms with Crippen LogP contribution in [0.4, 0.5) is 5.69 Å². The first-order chi connectivity index (χ1) is 12.9. The molecule has 6 nitrogen and oxygen atoms in total. The Labute approximate surface area is 160 Å². The second-order valence-electron chi connectivity index (χ2n) is 6.60. The number of likely N-dealkylation sites (N-methyl/N-ethyl adjacent to an activating group) is 1. The molecule has 27 heavy (non-hydrogen) atoms. The highest BCUT2D eigenvalue weighted by molar-refractivity contribution is 7.88. The van der Waals surface area contributed by atoms with Gasteiger partial charge in [-0.05, 0) is 18.1 Å². The number of carbonyl (C=O) groups is 1.